The van der Waals surface area contributed by atoms with Crippen LogP contribution in [0.3, 0.4) is 0 Å². The molecule has 1 heterocycles. The van der Waals surface area contributed by atoms with E-state index in [1.165, 1.54) is 6.08 Å². The molecule has 70 valence electrons. The number of rotatable bonds is 2. The quantitative estimate of drug-likeness (QED) is 0.719. The van der Waals surface area contributed by atoms with Gasteiger partial charge in [0.25, 0.3) is 0 Å². The molecule has 0 spiro atoms. The number of halogens is 1. The molecule has 1 aromatic rings. The Labute approximate surface area is 78.9 Å². The van der Waals surface area contributed by atoms with Crippen molar-refractivity contribution in [2.75, 3.05) is 0 Å². The standard InChI is InChI=1S/C9H5FN2O2/c10-8-5-12-6(2-1-3-11)4-7(8)9(13)14/h1-2,4-5H,(H,13,14). The maximum absolute atomic E-state index is 12.8. The third-order valence-electron chi connectivity index (χ3n) is 1.44. The molecule has 5 heteroatoms. The maximum atomic E-state index is 12.8. The maximum Gasteiger partial charge on any atom is 0.338 e. The number of carboxylic acids is 1. The van der Waals surface area contributed by atoms with Gasteiger partial charge in [-0.15, -0.1) is 0 Å². The normalized spacial score (nSPS) is 10.0. The molecule has 1 aromatic heterocycles. The highest BCUT2D eigenvalue weighted by molar-refractivity contribution is 5.88. The second-order valence-corrected chi connectivity index (χ2v) is 2.36. The summed E-state index contributed by atoms with van der Waals surface area (Å²) in [4.78, 5) is 14.1. The van der Waals surface area contributed by atoms with Crippen LogP contribution in [0.15, 0.2) is 18.3 Å². The van der Waals surface area contributed by atoms with Crippen LogP contribution in [0.25, 0.3) is 6.08 Å². The van der Waals surface area contributed by atoms with Gasteiger partial charge in [-0.2, -0.15) is 5.26 Å². The second kappa shape index (κ2) is 4.14. The smallest absolute Gasteiger partial charge is 0.338 e. The predicted octanol–water partition coefficient (Wildman–Crippen LogP) is 1.46. The van der Waals surface area contributed by atoms with Gasteiger partial charge in [0.15, 0.2) is 5.82 Å². The lowest BCUT2D eigenvalue weighted by atomic mass is 10.2. The molecule has 0 fully saturated rings. The summed E-state index contributed by atoms with van der Waals surface area (Å²) < 4.78 is 12.8. The Bertz CT molecular complexity index is 435. The Morgan fingerprint density at radius 3 is 3.00 bits per heavy atom. The van der Waals surface area contributed by atoms with E-state index in [-0.39, 0.29) is 5.69 Å². The third kappa shape index (κ3) is 2.14. The van der Waals surface area contributed by atoms with Crippen LogP contribution >= 0.6 is 0 Å². The summed E-state index contributed by atoms with van der Waals surface area (Å²) in [5, 5.41) is 16.8. The summed E-state index contributed by atoms with van der Waals surface area (Å²) in [7, 11) is 0. The molecule has 14 heavy (non-hydrogen) atoms. The zero-order valence-electron chi connectivity index (χ0n) is 6.94. The molecule has 0 saturated carbocycles. The molecule has 1 N–H and O–H groups in total. The van der Waals surface area contributed by atoms with E-state index < -0.39 is 17.3 Å². The highest BCUT2D eigenvalue weighted by Gasteiger charge is 2.10. The summed E-state index contributed by atoms with van der Waals surface area (Å²) in [6, 6.07) is 2.78. The molecular formula is C9H5FN2O2. The van der Waals surface area contributed by atoms with Crippen LogP contribution in [0, 0.1) is 17.1 Å². The van der Waals surface area contributed by atoms with Crippen molar-refractivity contribution in [1.29, 1.82) is 5.26 Å². The van der Waals surface area contributed by atoms with Gasteiger partial charge in [0.05, 0.1) is 23.5 Å². The number of carbonyl (C=O) groups is 1. The molecule has 0 aromatic carbocycles. The minimum atomic E-state index is -1.36. The summed E-state index contributed by atoms with van der Waals surface area (Å²) in [5.74, 6) is -2.26. The van der Waals surface area contributed by atoms with Crippen molar-refractivity contribution >= 4 is 12.0 Å². The number of hydrogen-bond donors (Lipinski definition) is 1. The molecule has 0 aliphatic carbocycles. The molecule has 0 aliphatic heterocycles. The number of carboxylic acid groups (broad SMARTS) is 1. The fourth-order valence-electron chi connectivity index (χ4n) is 0.833. The lowest BCUT2D eigenvalue weighted by Crippen LogP contribution is -2.01. The number of nitriles is 1. The van der Waals surface area contributed by atoms with Gasteiger partial charge in [0, 0.05) is 6.08 Å². The molecule has 0 aliphatic rings. The third-order valence-corrected chi connectivity index (χ3v) is 1.44. The lowest BCUT2D eigenvalue weighted by Gasteiger charge is -1.97. The van der Waals surface area contributed by atoms with Gasteiger partial charge < -0.3 is 5.11 Å². The average molecular weight is 192 g/mol. The minimum absolute atomic E-state index is 0.227. The van der Waals surface area contributed by atoms with E-state index in [1.54, 1.807) is 6.07 Å². The van der Waals surface area contributed by atoms with E-state index in [1.807, 2.05) is 0 Å². The fourth-order valence-corrected chi connectivity index (χ4v) is 0.833. The SMILES string of the molecule is N#CC=Cc1cc(C(=O)O)c(F)cn1. The van der Waals surface area contributed by atoms with Crippen LogP contribution in [0.2, 0.25) is 0 Å². The van der Waals surface area contributed by atoms with E-state index in [9.17, 15) is 9.18 Å². The Kier molecular flexibility index (Phi) is 2.92. The monoisotopic (exact) mass is 192 g/mol. The first-order chi connectivity index (χ1) is 6.65. The largest absolute Gasteiger partial charge is 0.478 e. The summed E-state index contributed by atoms with van der Waals surface area (Å²) in [6.07, 6.45) is 3.23. The highest BCUT2D eigenvalue weighted by Crippen LogP contribution is 2.08. The number of nitrogens with zero attached hydrogens (tertiary/aromatic N) is 2. The number of pyridine rings is 1. The molecule has 4 nitrogen and oxygen atoms in total. The highest BCUT2D eigenvalue weighted by atomic mass is 19.1. The first-order valence-electron chi connectivity index (χ1n) is 3.60. The average Bonchev–Trinajstić information content (AvgIpc) is 2.16. The molecule has 0 saturated heterocycles. The van der Waals surface area contributed by atoms with Crippen LogP contribution in [-0.4, -0.2) is 16.1 Å². The number of aromatic carboxylic acids is 1. The van der Waals surface area contributed by atoms with E-state index in [2.05, 4.69) is 4.98 Å². The first-order valence-corrected chi connectivity index (χ1v) is 3.60. The van der Waals surface area contributed by atoms with Gasteiger partial charge in [-0.25, -0.2) is 9.18 Å². The van der Waals surface area contributed by atoms with Crippen molar-refractivity contribution in [1.82, 2.24) is 4.98 Å². The van der Waals surface area contributed by atoms with Crippen molar-refractivity contribution in [3.05, 3.63) is 35.4 Å². The summed E-state index contributed by atoms with van der Waals surface area (Å²) >= 11 is 0. The van der Waals surface area contributed by atoms with Crippen molar-refractivity contribution in [2.45, 2.75) is 0 Å². The van der Waals surface area contributed by atoms with Crippen molar-refractivity contribution in [3.63, 3.8) is 0 Å². The lowest BCUT2D eigenvalue weighted by molar-refractivity contribution is 0.0691. The van der Waals surface area contributed by atoms with Crippen LogP contribution in [-0.2, 0) is 0 Å². The zero-order valence-corrected chi connectivity index (χ0v) is 6.94. The van der Waals surface area contributed by atoms with Gasteiger partial charge in [-0.05, 0) is 12.1 Å². The van der Waals surface area contributed by atoms with E-state index in [0.717, 1.165) is 18.3 Å². The van der Waals surface area contributed by atoms with Crippen molar-refractivity contribution in [3.8, 4) is 6.07 Å². The summed E-state index contributed by atoms with van der Waals surface area (Å²) in [5.41, 5.74) is -0.233. The minimum Gasteiger partial charge on any atom is -0.478 e. The topological polar surface area (TPSA) is 74.0 Å². The van der Waals surface area contributed by atoms with Gasteiger partial charge in [-0.3, -0.25) is 4.98 Å². The molecule has 0 radical (unpaired) electrons. The van der Waals surface area contributed by atoms with Crippen LogP contribution < -0.4 is 0 Å². The Balaban J connectivity index is 3.14. The number of aromatic nitrogens is 1. The van der Waals surface area contributed by atoms with E-state index >= 15 is 0 Å². The van der Waals surface area contributed by atoms with Gasteiger partial charge in [0.2, 0.25) is 0 Å². The molecule has 1 rings (SSSR count). The predicted molar refractivity (Wildman–Crippen MR) is 45.8 cm³/mol. The molecular weight excluding hydrogens is 187 g/mol. The van der Waals surface area contributed by atoms with Gasteiger partial charge in [0.1, 0.15) is 0 Å². The Morgan fingerprint density at radius 1 is 1.71 bits per heavy atom. The van der Waals surface area contributed by atoms with Crippen LogP contribution in [0.4, 0.5) is 4.39 Å². The van der Waals surface area contributed by atoms with Crippen molar-refractivity contribution in [2.24, 2.45) is 0 Å². The van der Waals surface area contributed by atoms with Crippen molar-refractivity contribution < 1.29 is 14.3 Å². The van der Waals surface area contributed by atoms with E-state index in [4.69, 9.17) is 10.4 Å². The molecule has 0 unspecified atom stereocenters. The first kappa shape index (κ1) is 9.86. The number of hydrogen-bond acceptors (Lipinski definition) is 3. The molecule has 0 bridgehead atoms. The van der Waals surface area contributed by atoms with Gasteiger partial charge >= 0.3 is 5.97 Å². The van der Waals surface area contributed by atoms with Gasteiger partial charge in [-0.1, -0.05) is 0 Å². The molecule has 0 amide bonds. The van der Waals surface area contributed by atoms with E-state index in [0.29, 0.717) is 0 Å². The fraction of sp³-hybridized carbons (Fsp3) is 0. The van der Waals surface area contributed by atoms with Crippen LogP contribution in [0.1, 0.15) is 16.1 Å². The van der Waals surface area contributed by atoms with Crippen LogP contribution in [0.5, 0.6) is 0 Å². The Hall–Kier alpha value is -2.22. The molecule has 0 atom stereocenters. The summed E-state index contributed by atoms with van der Waals surface area (Å²) in [6.45, 7) is 0. The Morgan fingerprint density at radius 2 is 2.43 bits per heavy atom. The zero-order chi connectivity index (χ0) is 10.6. The second-order valence-electron chi connectivity index (χ2n) is 2.36. The number of allylic oxidation sites excluding steroid dienone is 1.